The summed E-state index contributed by atoms with van der Waals surface area (Å²) in [5, 5.41) is 9.54. The van der Waals surface area contributed by atoms with E-state index in [2.05, 4.69) is 20.4 Å². The molecule has 3 rings (SSSR count). The van der Waals surface area contributed by atoms with Gasteiger partial charge in [-0.25, -0.2) is 5.10 Å². The number of anilines is 1. The van der Waals surface area contributed by atoms with Crippen molar-refractivity contribution in [2.75, 3.05) is 51.4 Å². The average molecular weight is 329 g/mol. The summed E-state index contributed by atoms with van der Waals surface area (Å²) in [6, 6.07) is 0.335. The Morgan fingerprint density at radius 2 is 2.23 bits per heavy atom. The van der Waals surface area contributed by atoms with Crippen LogP contribution >= 0.6 is 11.6 Å². The lowest BCUT2D eigenvalue weighted by atomic mass is 9.97. The lowest BCUT2D eigenvalue weighted by Crippen LogP contribution is -2.50. The van der Waals surface area contributed by atoms with E-state index in [1.807, 2.05) is 0 Å². The van der Waals surface area contributed by atoms with Gasteiger partial charge in [0.2, 0.25) is 0 Å². The molecular formula is C14H21ClN4O3. The number of rotatable bonds is 5. The minimum Gasteiger partial charge on any atom is -0.381 e. The van der Waals surface area contributed by atoms with Crippen molar-refractivity contribution in [1.29, 1.82) is 0 Å². The minimum absolute atomic E-state index is 0.151. The quantitative estimate of drug-likeness (QED) is 0.823. The number of morpholine rings is 1. The average Bonchev–Trinajstić information content (AvgIpc) is 3.07. The van der Waals surface area contributed by atoms with Gasteiger partial charge in [0.15, 0.2) is 0 Å². The smallest absolute Gasteiger partial charge is 0.285 e. The van der Waals surface area contributed by atoms with Gasteiger partial charge in [0, 0.05) is 38.2 Å². The third-order valence-corrected chi connectivity index (χ3v) is 4.70. The topological polar surface area (TPSA) is 79.5 Å². The zero-order valence-electron chi connectivity index (χ0n) is 12.4. The molecule has 8 heteroatoms. The highest BCUT2D eigenvalue weighted by atomic mass is 35.5. The Morgan fingerprint density at radius 3 is 2.95 bits per heavy atom. The van der Waals surface area contributed by atoms with E-state index in [1.165, 1.54) is 0 Å². The van der Waals surface area contributed by atoms with Gasteiger partial charge in [-0.2, -0.15) is 5.10 Å². The van der Waals surface area contributed by atoms with E-state index < -0.39 is 0 Å². The molecule has 0 bridgehead atoms. The van der Waals surface area contributed by atoms with Crippen LogP contribution < -0.4 is 10.9 Å². The highest BCUT2D eigenvalue weighted by Gasteiger charge is 2.31. The van der Waals surface area contributed by atoms with Crippen LogP contribution in [0.1, 0.15) is 6.42 Å². The number of nitrogens with zero attached hydrogens (tertiary/aromatic N) is 2. The van der Waals surface area contributed by atoms with Crippen molar-refractivity contribution in [3.63, 3.8) is 0 Å². The van der Waals surface area contributed by atoms with Crippen LogP contribution in [-0.2, 0) is 9.47 Å². The summed E-state index contributed by atoms with van der Waals surface area (Å²) in [5.74, 6) is 0.485. The standard InChI is InChI=1S/C14H21ClN4O3/c15-13-11(7-17-18-14(13)20)16-8-12(10-1-4-22-9-10)19-2-5-21-6-3-19/h7,10,12H,1-6,8-9H2,(H2,16,18,20). The molecule has 2 aliphatic rings. The van der Waals surface area contributed by atoms with Crippen LogP contribution in [0, 0.1) is 5.92 Å². The van der Waals surface area contributed by atoms with E-state index in [1.54, 1.807) is 6.20 Å². The Morgan fingerprint density at radius 1 is 1.41 bits per heavy atom. The van der Waals surface area contributed by atoms with E-state index >= 15 is 0 Å². The van der Waals surface area contributed by atoms with Crippen LogP contribution in [0.5, 0.6) is 0 Å². The van der Waals surface area contributed by atoms with Gasteiger partial charge in [0.05, 0.1) is 31.7 Å². The number of hydrogen-bond acceptors (Lipinski definition) is 6. The van der Waals surface area contributed by atoms with Gasteiger partial charge in [-0.1, -0.05) is 11.6 Å². The molecule has 2 aliphatic heterocycles. The lowest BCUT2D eigenvalue weighted by Gasteiger charge is -2.37. The van der Waals surface area contributed by atoms with Crippen molar-refractivity contribution in [3.8, 4) is 0 Å². The second-order valence-corrected chi connectivity index (χ2v) is 6.03. The molecule has 0 aliphatic carbocycles. The van der Waals surface area contributed by atoms with Crippen LogP contribution in [0.3, 0.4) is 0 Å². The van der Waals surface area contributed by atoms with Crippen molar-refractivity contribution in [2.45, 2.75) is 12.5 Å². The molecule has 2 atom stereocenters. The van der Waals surface area contributed by atoms with Crippen LogP contribution in [0.4, 0.5) is 5.69 Å². The molecule has 22 heavy (non-hydrogen) atoms. The Bertz CT molecular complexity index is 541. The van der Waals surface area contributed by atoms with Gasteiger partial charge < -0.3 is 14.8 Å². The van der Waals surface area contributed by atoms with Crippen LogP contribution in [0.25, 0.3) is 0 Å². The van der Waals surface area contributed by atoms with Gasteiger partial charge in [-0.15, -0.1) is 0 Å². The Kier molecular flexibility index (Phi) is 5.30. The van der Waals surface area contributed by atoms with Gasteiger partial charge in [0.1, 0.15) is 5.02 Å². The Balaban J connectivity index is 1.69. The fourth-order valence-electron chi connectivity index (χ4n) is 3.08. The van der Waals surface area contributed by atoms with Crippen molar-refractivity contribution in [1.82, 2.24) is 15.1 Å². The molecular weight excluding hydrogens is 308 g/mol. The molecule has 2 N–H and O–H groups in total. The lowest BCUT2D eigenvalue weighted by molar-refractivity contribution is 0.00461. The molecule has 1 aromatic heterocycles. The zero-order valence-corrected chi connectivity index (χ0v) is 13.1. The summed E-state index contributed by atoms with van der Waals surface area (Å²) in [4.78, 5) is 13.9. The third kappa shape index (κ3) is 3.60. The highest BCUT2D eigenvalue weighted by Crippen LogP contribution is 2.23. The summed E-state index contributed by atoms with van der Waals surface area (Å²) in [7, 11) is 0. The van der Waals surface area contributed by atoms with Crippen LogP contribution in [0.2, 0.25) is 5.02 Å². The number of nitrogens with one attached hydrogen (secondary N) is 2. The van der Waals surface area contributed by atoms with E-state index in [-0.39, 0.29) is 10.6 Å². The normalized spacial score (nSPS) is 24.3. The SMILES string of the molecule is O=c1[nH]ncc(NCC(C2CCOC2)N2CCOCC2)c1Cl. The summed E-state index contributed by atoms with van der Waals surface area (Å²) >= 11 is 6.02. The summed E-state index contributed by atoms with van der Waals surface area (Å²) < 4.78 is 11.0. The monoisotopic (exact) mass is 328 g/mol. The predicted octanol–water partition coefficient (Wildman–Crippen LogP) is 0.573. The fourth-order valence-corrected chi connectivity index (χ4v) is 3.24. The number of H-pyrrole nitrogens is 1. The molecule has 2 unspecified atom stereocenters. The Labute approximate surface area is 133 Å². The Hall–Kier alpha value is -1.15. The van der Waals surface area contributed by atoms with Crippen molar-refractivity contribution < 1.29 is 9.47 Å². The van der Waals surface area contributed by atoms with Crippen molar-refractivity contribution in [2.24, 2.45) is 5.92 Å². The first-order valence-corrected chi connectivity index (χ1v) is 8.00. The second kappa shape index (κ2) is 7.41. The summed E-state index contributed by atoms with van der Waals surface area (Å²) in [6.07, 6.45) is 2.61. The van der Waals surface area contributed by atoms with E-state index in [4.69, 9.17) is 21.1 Å². The van der Waals surface area contributed by atoms with E-state index in [0.29, 0.717) is 24.2 Å². The van der Waals surface area contributed by atoms with Crippen LogP contribution in [-0.4, -0.2) is 67.2 Å². The summed E-state index contributed by atoms with van der Waals surface area (Å²) in [6.45, 7) is 5.67. The first kappa shape index (κ1) is 15.7. The van der Waals surface area contributed by atoms with E-state index in [9.17, 15) is 4.79 Å². The molecule has 0 radical (unpaired) electrons. The third-order valence-electron chi connectivity index (χ3n) is 4.32. The first-order chi connectivity index (χ1) is 10.8. The maximum absolute atomic E-state index is 11.5. The largest absolute Gasteiger partial charge is 0.381 e. The fraction of sp³-hybridized carbons (Fsp3) is 0.714. The maximum Gasteiger partial charge on any atom is 0.285 e. The molecule has 3 heterocycles. The minimum atomic E-state index is -0.376. The number of aromatic amines is 1. The van der Waals surface area contributed by atoms with Gasteiger partial charge in [0.25, 0.3) is 5.56 Å². The van der Waals surface area contributed by atoms with E-state index in [0.717, 1.165) is 45.9 Å². The van der Waals surface area contributed by atoms with Crippen molar-refractivity contribution in [3.05, 3.63) is 21.6 Å². The number of aromatic nitrogens is 2. The molecule has 0 spiro atoms. The van der Waals surface area contributed by atoms with Gasteiger partial charge in [-0.05, 0) is 6.42 Å². The number of halogens is 1. The second-order valence-electron chi connectivity index (χ2n) is 5.65. The molecule has 0 aromatic carbocycles. The molecule has 7 nitrogen and oxygen atoms in total. The molecule has 2 saturated heterocycles. The molecule has 1 aromatic rings. The molecule has 122 valence electrons. The maximum atomic E-state index is 11.5. The summed E-state index contributed by atoms with van der Waals surface area (Å²) in [5.41, 5.74) is 0.196. The zero-order chi connectivity index (χ0) is 15.4. The highest BCUT2D eigenvalue weighted by molar-refractivity contribution is 6.32. The van der Waals surface area contributed by atoms with Crippen molar-refractivity contribution >= 4 is 17.3 Å². The molecule has 2 fully saturated rings. The molecule has 0 saturated carbocycles. The van der Waals surface area contributed by atoms with Gasteiger partial charge >= 0.3 is 0 Å². The first-order valence-electron chi connectivity index (χ1n) is 7.62. The van der Waals surface area contributed by atoms with Crippen LogP contribution in [0.15, 0.2) is 11.0 Å². The number of ether oxygens (including phenoxy) is 2. The number of hydrogen-bond donors (Lipinski definition) is 2. The molecule has 0 amide bonds. The van der Waals surface area contributed by atoms with Gasteiger partial charge in [-0.3, -0.25) is 9.69 Å². The predicted molar refractivity (Wildman–Crippen MR) is 83.5 cm³/mol.